The van der Waals surface area contributed by atoms with E-state index in [1.807, 2.05) is 75.4 Å². The molecule has 176 valence electrons. The van der Waals surface area contributed by atoms with E-state index in [9.17, 15) is 9.59 Å². The molecule has 3 aromatic carbocycles. The molecule has 0 heterocycles. The lowest BCUT2D eigenvalue weighted by atomic mass is 10.1. The summed E-state index contributed by atoms with van der Waals surface area (Å²) < 4.78 is 5.57. The number of rotatable bonds is 10. The van der Waals surface area contributed by atoms with Gasteiger partial charge < -0.3 is 10.1 Å². The summed E-state index contributed by atoms with van der Waals surface area (Å²) in [6, 6.07) is 24.8. The number of benzene rings is 3. The van der Waals surface area contributed by atoms with Crippen LogP contribution in [0.4, 0.5) is 0 Å². The standard InChI is InChI=1S/C27H29N3O3S/c1-19-9-15-25(16-10-19)34-21(3)27(32)30-28-17-22-11-13-24(14-12-22)33-18-26(31)29-20(2)23-7-5-4-6-8-23/h4-17,20-21H,18H2,1-3H3,(H,29,31)(H,30,32)/b28-17-/t20-,21-/m1/s1. The molecule has 0 spiro atoms. The second-order valence-corrected chi connectivity index (χ2v) is 9.28. The van der Waals surface area contributed by atoms with Crippen LogP contribution in [0, 0.1) is 6.92 Å². The van der Waals surface area contributed by atoms with E-state index in [0.717, 1.165) is 16.0 Å². The van der Waals surface area contributed by atoms with Crippen molar-refractivity contribution in [3.63, 3.8) is 0 Å². The molecule has 3 rings (SSSR count). The molecule has 34 heavy (non-hydrogen) atoms. The minimum Gasteiger partial charge on any atom is -0.484 e. The van der Waals surface area contributed by atoms with E-state index in [1.54, 1.807) is 30.5 Å². The number of hydrazone groups is 1. The Morgan fingerprint density at radius 2 is 1.65 bits per heavy atom. The van der Waals surface area contributed by atoms with Crippen LogP contribution in [0.5, 0.6) is 5.75 Å². The molecule has 0 aliphatic carbocycles. The molecule has 0 fully saturated rings. The maximum absolute atomic E-state index is 12.3. The third-order valence-electron chi connectivity index (χ3n) is 5.02. The number of hydrogen-bond donors (Lipinski definition) is 2. The molecule has 7 heteroatoms. The zero-order chi connectivity index (χ0) is 24.3. The third-order valence-corrected chi connectivity index (χ3v) is 6.13. The van der Waals surface area contributed by atoms with Gasteiger partial charge in [0.05, 0.1) is 17.5 Å². The van der Waals surface area contributed by atoms with Crippen molar-refractivity contribution in [1.82, 2.24) is 10.7 Å². The first-order valence-electron chi connectivity index (χ1n) is 11.0. The summed E-state index contributed by atoms with van der Waals surface area (Å²) in [6.07, 6.45) is 1.57. The fraction of sp³-hybridized carbons (Fsp3) is 0.222. The molecule has 6 nitrogen and oxygen atoms in total. The van der Waals surface area contributed by atoms with E-state index in [2.05, 4.69) is 15.8 Å². The predicted molar refractivity (Wildman–Crippen MR) is 137 cm³/mol. The number of aryl methyl sites for hydroxylation is 1. The van der Waals surface area contributed by atoms with Gasteiger partial charge in [-0.2, -0.15) is 5.10 Å². The third kappa shape index (κ3) is 8.08. The summed E-state index contributed by atoms with van der Waals surface area (Å²) in [6.45, 7) is 5.74. The number of carbonyl (C=O) groups excluding carboxylic acids is 2. The number of carbonyl (C=O) groups is 2. The van der Waals surface area contributed by atoms with Crippen LogP contribution >= 0.6 is 11.8 Å². The van der Waals surface area contributed by atoms with E-state index >= 15 is 0 Å². The van der Waals surface area contributed by atoms with Gasteiger partial charge in [0.25, 0.3) is 11.8 Å². The lowest BCUT2D eigenvalue weighted by Gasteiger charge is -2.14. The van der Waals surface area contributed by atoms with E-state index in [0.29, 0.717) is 5.75 Å². The van der Waals surface area contributed by atoms with Gasteiger partial charge in [-0.15, -0.1) is 11.8 Å². The van der Waals surface area contributed by atoms with Gasteiger partial charge in [0, 0.05) is 4.90 Å². The Hall–Kier alpha value is -3.58. The molecule has 0 aliphatic rings. The van der Waals surface area contributed by atoms with Gasteiger partial charge in [-0.05, 0) is 68.3 Å². The monoisotopic (exact) mass is 475 g/mol. The van der Waals surface area contributed by atoms with E-state index in [-0.39, 0.29) is 29.7 Å². The number of thioether (sulfide) groups is 1. The van der Waals surface area contributed by atoms with Gasteiger partial charge in [0.15, 0.2) is 6.61 Å². The molecule has 0 radical (unpaired) electrons. The fourth-order valence-corrected chi connectivity index (χ4v) is 3.90. The summed E-state index contributed by atoms with van der Waals surface area (Å²) in [5, 5.41) is 6.68. The lowest BCUT2D eigenvalue weighted by Crippen LogP contribution is -2.31. The zero-order valence-corrected chi connectivity index (χ0v) is 20.3. The summed E-state index contributed by atoms with van der Waals surface area (Å²) in [7, 11) is 0. The maximum Gasteiger partial charge on any atom is 0.258 e. The summed E-state index contributed by atoms with van der Waals surface area (Å²) >= 11 is 1.48. The number of nitrogens with zero attached hydrogens (tertiary/aromatic N) is 1. The predicted octanol–water partition coefficient (Wildman–Crippen LogP) is 4.88. The molecule has 0 aromatic heterocycles. The van der Waals surface area contributed by atoms with Gasteiger partial charge in [-0.1, -0.05) is 48.0 Å². The number of ether oxygens (including phenoxy) is 1. The molecule has 2 N–H and O–H groups in total. The Morgan fingerprint density at radius 3 is 2.32 bits per heavy atom. The quantitative estimate of drug-likeness (QED) is 0.249. The largest absolute Gasteiger partial charge is 0.484 e. The van der Waals surface area contributed by atoms with Crippen LogP contribution < -0.4 is 15.5 Å². The maximum atomic E-state index is 12.3. The highest BCUT2D eigenvalue weighted by atomic mass is 32.2. The van der Waals surface area contributed by atoms with Crippen LogP contribution in [0.15, 0.2) is 88.9 Å². The van der Waals surface area contributed by atoms with Crippen LogP contribution in [0.3, 0.4) is 0 Å². The molecule has 2 atom stereocenters. The number of amides is 2. The Labute approximate surface area is 204 Å². The van der Waals surface area contributed by atoms with Gasteiger partial charge in [-0.3, -0.25) is 9.59 Å². The van der Waals surface area contributed by atoms with Crippen molar-refractivity contribution >= 4 is 29.8 Å². The normalized spacial score (nSPS) is 12.7. The highest BCUT2D eigenvalue weighted by Crippen LogP contribution is 2.23. The summed E-state index contributed by atoms with van der Waals surface area (Å²) in [4.78, 5) is 25.5. The molecular formula is C27H29N3O3S. The molecule has 2 amide bonds. The van der Waals surface area contributed by atoms with Crippen molar-refractivity contribution in [2.75, 3.05) is 6.61 Å². The van der Waals surface area contributed by atoms with Gasteiger partial charge in [-0.25, -0.2) is 5.43 Å². The minimum absolute atomic E-state index is 0.0722. The minimum atomic E-state index is -0.272. The second-order valence-electron chi connectivity index (χ2n) is 7.86. The van der Waals surface area contributed by atoms with Gasteiger partial charge in [0.2, 0.25) is 0 Å². The SMILES string of the molecule is Cc1ccc(S[C@H](C)C(=O)N/N=C\c2ccc(OCC(=O)N[C@H](C)c3ccccc3)cc2)cc1. The molecular weight excluding hydrogens is 446 g/mol. The van der Waals surface area contributed by atoms with Crippen molar-refractivity contribution in [1.29, 1.82) is 0 Å². The van der Waals surface area contributed by atoms with E-state index in [4.69, 9.17) is 4.74 Å². The highest BCUT2D eigenvalue weighted by Gasteiger charge is 2.13. The molecule has 0 unspecified atom stereocenters. The van der Waals surface area contributed by atoms with Crippen molar-refractivity contribution in [3.05, 3.63) is 95.6 Å². The molecule has 0 saturated carbocycles. The van der Waals surface area contributed by atoms with Gasteiger partial charge >= 0.3 is 0 Å². The van der Waals surface area contributed by atoms with Crippen molar-refractivity contribution in [2.24, 2.45) is 5.10 Å². The molecule has 0 saturated heterocycles. The Morgan fingerprint density at radius 1 is 0.971 bits per heavy atom. The van der Waals surface area contributed by atoms with Crippen LogP contribution in [0.2, 0.25) is 0 Å². The van der Waals surface area contributed by atoms with Crippen LogP contribution in [-0.2, 0) is 9.59 Å². The van der Waals surface area contributed by atoms with Crippen molar-refractivity contribution < 1.29 is 14.3 Å². The van der Waals surface area contributed by atoms with Crippen LogP contribution in [0.25, 0.3) is 0 Å². The topological polar surface area (TPSA) is 79.8 Å². The first-order chi connectivity index (χ1) is 16.4. The zero-order valence-electron chi connectivity index (χ0n) is 19.5. The smallest absolute Gasteiger partial charge is 0.258 e. The first kappa shape index (κ1) is 25.1. The number of hydrogen-bond acceptors (Lipinski definition) is 5. The Bertz CT molecular complexity index is 1100. The van der Waals surface area contributed by atoms with Crippen molar-refractivity contribution in [3.8, 4) is 5.75 Å². The second kappa shape index (κ2) is 12.6. The van der Waals surface area contributed by atoms with Crippen LogP contribution in [-0.4, -0.2) is 29.9 Å². The highest BCUT2D eigenvalue weighted by molar-refractivity contribution is 8.00. The first-order valence-corrected chi connectivity index (χ1v) is 11.9. The van der Waals surface area contributed by atoms with Gasteiger partial charge in [0.1, 0.15) is 5.75 Å². The number of nitrogens with one attached hydrogen (secondary N) is 2. The average Bonchev–Trinajstić information content (AvgIpc) is 2.85. The Balaban J connectivity index is 1.41. The van der Waals surface area contributed by atoms with E-state index < -0.39 is 0 Å². The summed E-state index contributed by atoms with van der Waals surface area (Å²) in [5.41, 5.74) is 5.59. The van der Waals surface area contributed by atoms with Crippen LogP contribution in [0.1, 0.15) is 36.6 Å². The van der Waals surface area contributed by atoms with E-state index in [1.165, 1.54) is 17.3 Å². The fourth-order valence-electron chi connectivity index (χ4n) is 3.04. The van der Waals surface area contributed by atoms with Crippen molar-refractivity contribution in [2.45, 2.75) is 37.0 Å². The molecule has 0 aliphatic heterocycles. The average molecular weight is 476 g/mol. The molecule has 0 bridgehead atoms. The molecule has 3 aromatic rings. The summed E-state index contributed by atoms with van der Waals surface area (Å²) in [5.74, 6) is 0.215. The lowest BCUT2D eigenvalue weighted by molar-refractivity contribution is -0.123. The Kier molecular flexibility index (Phi) is 9.29.